The summed E-state index contributed by atoms with van der Waals surface area (Å²) in [7, 11) is 0. The summed E-state index contributed by atoms with van der Waals surface area (Å²) in [6.45, 7) is 4.51. The maximum absolute atomic E-state index is 15.0. The molecule has 1 aliphatic rings. The molecule has 0 amide bonds. The van der Waals surface area contributed by atoms with Crippen molar-refractivity contribution in [3.05, 3.63) is 94.8 Å². The second-order valence-corrected chi connectivity index (χ2v) is 9.63. The molecule has 0 aliphatic heterocycles. The lowest BCUT2D eigenvalue weighted by Crippen LogP contribution is -2.12. The second-order valence-electron chi connectivity index (χ2n) is 9.63. The van der Waals surface area contributed by atoms with Crippen molar-refractivity contribution in [2.24, 2.45) is 5.92 Å². The van der Waals surface area contributed by atoms with Gasteiger partial charge in [0.05, 0.1) is 0 Å². The van der Waals surface area contributed by atoms with E-state index in [1.165, 1.54) is 60.8 Å². The van der Waals surface area contributed by atoms with Gasteiger partial charge in [-0.15, -0.1) is 0 Å². The first kappa shape index (κ1) is 22.8. The molecule has 3 aromatic carbocycles. The molecule has 0 nitrogen and oxygen atoms in total. The molecule has 1 fully saturated rings. The molecule has 1 saturated carbocycles. The summed E-state index contributed by atoms with van der Waals surface area (Å²) < 4.78 is 15.0. The smallest absolute Gasteiger partial charge is 0.131 e. The van der Waals surface area contributed by atoms with Gasteiger partial charge in [-0.1, -0.05) is 87.4 Å². The molecule has 0 radical (unpaired) electrons. The van der Waals surface area contributed by atoms with Crippen LogP contribution in [0.25, 0.3) is 11.1 Å². The maximum Gasteiger partial charge on any atom is 0.131 e. The lowest BCUT2D eigenvalue weighted by molar-refractivity contribution is 0.318. The van der Waals surface area contributed by atoms with Crippen molar-refractivity contribution in [3.8, 4) is 11.1 Å². The van der Waals surface area contributed by atoms with Gasteiger partial charge < -0.3 is 0 Å². The van der Waals surface area contributed by atoms with Crippen molar-refractivity contribution in [1.82, 2.24) is 0 Å². The third-order valence-electron chi connectivity index (χ3n) is 7.42. The fourth-order valence-corrected chi connectivity index (χ4v) is 5.22. The lowest BCUT2D eigenvalue weighted by atomic mass is 9.77. The Balaban J connectivity index is 1.37. The van der Waals surface area contributed by atoms with E-state index in [1.54, 1.807) is 6.07 Å². The highest BCUT2D eigenvalue weighted by molar-refractivity contribution is 5.65. The lowest BCUT2D eigenvalue weighted by Gasteiger charge is -2.28. The molecule has 3 aromatic rings. The van der Waals surface area contributed by atoms with Crippen LogP contribution in [0.5, 0.6) is 0 Å². The molecule has 0 saturated heterocycles. The van der Waals surface area contributed by atoms with Crippen LogP contribution in [-0.4, -0.2) is 0 Å². The van der Waals surface area contributed by atoms with Gasteiger partial charge in [0.25, 0.3) is 0 Å². The Bertz CT molecular complexity index is 976. The summed E-state index contributed by atoms with van der Waals surface area (Å²) in [4.78, 5) is 0. The van der Waals surface area contributed by atoms with Crippen molar-refractivity contribution < 1.29 is 4.39 Å². The van der Waals surface area contributed by atoms with Gasteiger partial charge in [-0.2, -0.15) is 0 Å². The average Bonchev–Trinajstić information content (AvgIpc) is 2.84. The van der Waals surface area contributed by atoms with Gasteiger partial charge in [0, 0.05) is 5.56 Å². The Hall–Kier alpha value is -2.41. The molecule has 1 heteroatoms. The van der Waals surface area contributed by atoms with E-state index in [2.05, 4.69) is 68.4 Å². The van der Waals surface area contributed by atoms with Crippen molar-refractivity contribution in [3.63, 3.8) is 0 Å². The summed E-state index contributed by atoms with van der Waals surface area (Å²) >= 11 is 0. The Morgan fingerprint density at radius 1 is 0.688 bits per heavy atom. The van der Waals surface area contributed by atoms with Gasteiger partial charge >= 0.3 is 0 Å². The first-order valence-corrected chi connectivity index (χ1v) is 12.6. The molecule has 1 aliphatic carbocycles. The summed E-state index contributed by atoms with van der Waals surface area (Å²) in [6.07, 6.45) is 10.6. The van der Waals surface area contributed by atoms with Crippen LogP contribution in [0.3, 0.4) is 0 Å². The third kappa shape index (κ3) is 5.68. The van der Waals surface area contributed by atoms with E-state index in [0.717, 1.165) is 30.7 Å². The molecule has 0 N–H and O–H groups in total. The largest absolute Gasteiger partial charge is 0.206 e. The van der Waals surface area contributed by atoms with E-state index in [9.17, 15) is 4.39 Å². The zero-order valence-electron chi connectivity index (χ0n) is 19.7. The molecule has 32 heavy (non-hydrogen) atoms. The Morgan fingerprint density at radius 3 is 1.78 bits per heavy atom. The number of hydrogen-bond acceptors (Lipinski definition) is 0. The number of halogens is 1. The quantitative estimate of drug-likeness (QED) is 0.336. The van der Waals surface area contributed by atoms with Crippen LogP contribution in [0, 0.1) is 11.7 Å². The van der Waals surface area contributed by atoms with Crippen LogP contribution in [-0.2, 0) is 19.3 Å². The molecule has 0 bridgehead atoms. The van der Waals surface area contributed by atoms with Crippen molar-refractivity contribution in [2.45, 2.75) is 77.6 Å². The molecular formula is C31H37F. The SMILES string of the molecule is CCCc1ccc(CCc2ccc(-c3ccc(C4CCC(CC)CC4)cc3F)cc2)cc1. The van der Waals surface area contributed by atoms with E-state index < -0.39 is 0 Å². The van der Waals surface area contributed by atoms with E-state index in [0.29, 0.717) is 11.5 Å². The van der Waals surface area contributed by atoms with Crippen LogP contribution in [0.15, 0.2) is 66.7 Å². The molecule has 0 spiro atoms. The van der Waals surface area contributed by atoms with Gasteiger partial charge in [-0.3, -0.25) is 0 Å². The Labute approximate surface area is 193 Å². The topological polar surface area (TPSA) is 0 Å². The maximum atomic E-state index is 15.0. The normalized spacial score (nSPS) is 18.6. The van der Waals surface area contributed by atoms with Gasteiger partial charge in [0.2, 0.25) is 0 Å². The fraction of sp³-hybridized carbons (Fsp3) is 0.419. The van der Waals surface area contributed by atoms with Crippen LogP contribution in [0.1, 0.15) is 80.5 Å². The van der Waals surface area contributed by atoms with E-state index in [-0.39, 0.29) is 5.82 Å². The first-order valence-electron chi connectivity index (χ1n) is 12.6. The highest BCUT2D eigenvalue weighted by Gasteiger charge is 2.22. The van der Waals surface area contributed by atoms with Gasteiger partial charge in [-0.25, -0.2) is 4.39 Å². The van der Waals surface area contributed by atoms with Crippen LogP contribution in [0.4, 0.5) is 4.39 Å². The second kappa shape index (κ2) is 10.9. The van der Waals surface area contributed by atoms with Gasteiger partial charge in [0.15, 0.2) is 0 Å². The molecule has 0 aromatic heterocycles. The van der Waals surface area contributed by atoms with Gasteiger partial charge in [-0.05, 0) is 90.7 Å². The fourth-order valence-electron chi connectivity index (χ4n) is 5.22. The molecule has 0 unspecified atom stereocenters. The van der Waals surface area contributed by atoms with Crippen molar-refractivity contribution in [2.75, 3.05) is 0 Å². The number of aryl methyl sites for hydroxylation is 3. The number of rotatable bonds is 8. The predicted octanol–water partition coefficient (Wildman–Crippen LogP) is 8.91. The third-order valence-corrected chi connectivity index (χ3v) is 7.42. The van der Waals surface area contributed by atoms with Gasteiger partial charge in [0.1, 0.15) is 5.82 Å². The number of benzene rings is 3. The number of hydrogen-bond donors (Lipinski definition) is 0. The summed E-state index contributed by atoms with van der Waals surface area (Å²) in [5, 5.41) is 0. The first-order chi connectivity index (χ1) is 15.7. The zero-order valence-corrected chi connectivity index (χ0v) is 19.7. The van der Waals surface area contributed by atoms with E-state index in [4.69, 9.17) is 0 Å². The molecule has 0 atom stereocenters. The Kier molecular flexibility index (Phi) is 7.79. The predicted molar refractivity (Wildman–Crippen MR) is 135 cm³/mol. The van der Waals surface area contributed by atoms with Crippen molar-refractivity contribution >= 4 is 0 Å². The average molecular weight is 429 g/mol. The molecule has 168 valence electrons. The summed E-state index contributed by atoms with van der Waals surface area (Å²) in [6, 6.07) is 23.4. The Morgan fingerprint density at radius 2 is 1.25 bits per heavy atom. The highest BCUT2D eigenvalue weighted by atomic mass is 19.1. The molecular weight excluding hydrogens is 391 g/mol. The highest BCUT2D eigenvalue weighted by Crippen LogP contribution is 2.38. The standard InChI is InChI=1S/C31H37F/c1-3-5-24-6-8-25(9-7-24)10-11-26-14-18-28(19-15-26)30-21-20-29(22-31(30)32)27-16-12-23(4-2)13-17-27/h6-9,14-15,18-23,27H,3-5,10-13,16-17H2,1-2H3. The minimum atomic E-state index is -0.0833. The van der Waals surface area contributed by atoms with Crippen molar-refractivity contribution in [1.29, 1.82) is 0 Å². The molecule has 0 heterocycles. The minimum absolute atomic E-state index is 0.0833. The minimum Gasteiger partial charge on any atom is -0.206 e. The molecule has 4 rings (SSSR count). The zero-order chi connectivity index (χ0) is 22.3. The monoisotopic (exact) mass is 428 g/mol. The van der Waals surface area contributed by atoms with Crippen LogP contribution < -0.4 is 0 Å². The summed E-state index contributed by atoms with van der Waals surface area (Å²) in [5.74, 6) is 1.31. The summed E-state index contributed by atoms with van der Waals surface area (Å²) in [5.41, 5.74) is 6.97. The van der Waals surface area contributed by atoms with Crippen LogP contribution >= 0.6 is 0 Å². The van der Waals surface area contributed by atoms with E-state index in [1.807, 2.05) is 6.07 Å². The van der Waals surface area contributed by atoms with E-state index >= 15 is 0 Å². The van der Waals surface area contributed by atoms with Crippen LogP contribution in [0.2, 0.25) is 0 Å².